The van der Waals surface area contributed by atoms with Crippen molar-refractivity contribution in [3.05, 3.63) is 50.1 Å². The number of esters is 2. The molecule has 0 aromatic heterocycles. The molecular weight excluding hydrogens is 388 g/mol. The minimum atomic E-state index is -1.23. The number of nitrogens with zero attached hydrogens (tertiary/aromatic N) is 2. The molecule has 1 atom stereocenters. The third-order valence-electron chi connectivity index (χ3n) is 2.87. The van der Waals surface area contributed by atoms with Gasteiger partial charge >= 0.3 is 11.9 Å². The van der Waals surface area contributed by atoms with Gasteiger partial charge in [0, 0.05) is 11.3 Å². The molecule has 0 bridgehead atoms. The summed E-state index contributed by atoms with van der Waals surface area (Å²) in [6.45, 7) is -1.45. The number of benzene rings is 1. The van der Waals surface area contributed by atoms with Crippen LogP contribution >= 0.6 is 12.6 Å². The number of thiol groups is 1. The SMILES string of the molecule is O=C(CCCO[N+](=O)[O-])OC(COC(=O)c1cccc(S)c1)CO[N+](=O)[O-]. The van der Waals surface area contributed by atoms with Crippen molar-refractivity contribution in [2.24, 2.45) is 0 Å². The normalized spacial score (nSPS) is 11.1. The first-order valence-corrected chi connectivity index (χ1v) is 7.93. The van der Waals surface area contributed by atoms with Crippen molar-refractivity contribution >= 4 is 24.6 Å². The van der Waals surface area contributed by atoms with Crippen LogP contribution in [0.25, 0.3) is 0 Å². The Morgan fingerprint density at radius 3 is 2.44 bits per heavy atom. The predicted octanol–water partition coefficient (Wildman–Crippen LogP) is 1.24. The van der Waals surface area contributed by atoms with Crippen molar-refractivity contribution in [2.45, 2.75) is 23.8 Å². The second-order valence-electron chi connectivity index (χ2n) is 4.94. The van der Waals surface area contributed by atoms with E-state index in [1.807, 2.05) is 0 Å². The fourth-order valence-electron chi connectivity index (χ4n) is 1.75. The highest BCUT2D eigenvalue weighted by atomic mass is 32.1. The van der Waals surface area contributed by atoms with Crippen LogP contribution in [0.5, 0.6) is 0 Å². The molecule has 0 radical (unpaired) electrons. The van der Waals surface area contributed by atoms with Gasteiger partial charge in [-0.1, -0.05) is 6.07 Å². The Labute approximate surface area is 157 Å². The zero-order chi connectivity index (χ0) is 20.2. The summed E-state index contributed by atoms with van der Waals surface area (Å²) in [5, 5.41) is 18.2. The van der Waals surface area contributed by atoms with E-state index in [4.69, 9.17) is 9.47 Å². The quantitative estimate of drug-likeness (QED) is 0.177. The maximum Gasteiger partial charge on any atom is 0.338 e. The molecule has 0 spiro atoms. The molecule has 0 fully saturated rings. The van der Waals surface area contributed by atoms with Gasteiger partial charge in [-0.25, -0.2) is 4.79 Å². The lowest BCUT2D eigenvalue weighted by atomic mass is 10.2. The van der Waals surface area contributed by atoms with E-state index in [0.717, 1.165) is 0 Å². The number of rotatable bonds is 12. The summed E-state index contributed by atoms with van der Waals surface area (Å²) < 4.78 is 9.90. The number of hydrogen-bond acceptors (Lipinski definition) is 11. The van der Waals surface area contributed by atoms with Crippen LogP contribution in [-0.2, 0) is 23.9 Å². The van der Waals surface area contributed by atoms with Gasteiger partial charge < -0.3 is 19.1 Å². The molecule has 12 nitrogen and oxygen atoms in total. The van der Waals surface area contributed by atoms with Crippen LogP contribution in [0.4, 0.5) is 0 Å². The molecule has 27 heavy (non-hydrogen) atoms. The molecule has 0 saturated carbocycles. The molecule has 13 heteroatoms. The summed E-state index contributed by atoms with van der Waals surface area (Å²) in [5.41, 5.74) is 0.194. The summed E-state index contributed by atoms with van der Waals surface area (Å²) in [7, 11) is 0. The summed E-state index contributed by atoms with van der Waals surface area (Å²) in [5.74, 6) is -1.56. The van der Waals surface area contributed by atoms with E-state index in [2.05, 4.69) is 22.3 Å². The van der Waals surface area contributed by atoms with E-state index in [-0.39, 0.29) is 25.0 Å². The third-order valence-corrected chi connectivity index (χ3v) is 3.15. The van der Waals surface area contributed by atoms with E-state index in [1.165, 1.54) is 12.1 Å². The van der Waals surface area contributed by atoms with E-state index in [0.29, 0.717) is 4.90 Å². The highest BCUT2D eigenvalue weighted by molar-refractivity contribution is 7.80. The van der Waals surface area contributed by atoms with Crippen molar-refractivity contribution in [3.8, 4) is 0 Å². The standard InChI is InChI=1S/C14H16N2O10S/c17-13(5-2-6-24-15(19)20)26-11(9-25-16(21)22)8-23-14(18)10-3-1-4-12(27)7-10/h1,3-4,7,11,27H,2,5-6,8-9H2. The Bertz CT molecular complexity index is 684. The fraction of sp³-hybridized carbons (Fsp3) is 0.429. The zero-order valence-electron chi connectivity index (χ0n) is 13.8. The first-order valence-electron chi connectivity index (χ1n) is 7.48. The molecule has 0 heterocycles. The van der Waals surface area contributed by atoms with E-state index in [1.54, 1.807) is 12.1 Å². The van der Waals surface area contributed by atoms with Crippen LogP contribution in [-0.4, -0.2) is 48.0 Å². The molecule has 0 aliphatic rings. The van der Waals surface area contributed by atoms with Crippen molar-refractivity contribution in [1.82, 2.24) is 0 Å². The Hall–Kier alpha value is -3.09. The van der Waals surface area contributed by atoms with Crippen molar-refractivity contribution < 1.29 is 38.9 Å². The average Bonchev–Trinajstić information content (AvgIpc) is 2.60. The summed E-state index contributed by atoms with van der Waals surface area (Å²) >= 11 is 4.09. The second-order valence-corrected chi connectivity index (χ2v) is 5.46. The summed E-state index contributed by atoms with van der Waals surface area (Å²) in [4.78, 5) is 52.6. The van der Waals surface area contributed by atoms with Gasteiger partial charge in [-0.2, -0.15) is 0 Å². The van der Waals surface area contributed by atoms with Gasteiger partial charge in [0.25, 0.3) is 10.2 Å². The van der Waals surface area contributed by atoms with Crippen LogP contribution in [0.2, 0.25) is 0 Å². The van der Waals surface area contributed by atoms with Crippen LogP contribution in [0.15, 0.2) is 29.2 Å². The van der Waals surface area contributed by atoms with E-state index >= 15 is 0 Å². The first kappa shape index (κ1) is 22.0. The van der Waals surface area contributed by atoms with Gasteiger partial charge in [0.2, 0.25) is 0 Å². The highest BCUT2D eigenvalue weighted by Gasteiger charge is 2.19. The lowest BCUT2D eigenvalue weighted by Gasteiger charge is -2.17. The molecule has 1 rings (SSSR count). The first-order chi connectivity index (χ1) is 12.8. The van der Waals surface area contributed by atoms with E-state index in [9.17, 15) is 29.8 Å². The van der Waals surface area contributed by atoms with Crippen molar-refractivity contribution in [1.29, 1.82) is 0 Å². The van der Waals surface area contributed by atoms with Gasteiger partial charge in [0.15, 0.2) is 6.10 Å². The van der Waals surface area contributed by atoms with Gasteiger partial charge in [0.05, 0.1) is 12.2 Å². The molecule has 148 valence electrons. The molecule has 0 aliphatic heterocycles. The number of ether oxygens (including phenoxy) is 2. The highest BCUT2D eigenvalue weighted by Crippen LogP contribution is 2.11. The molecule has 0 aliphatic carbocycles. The van der Waals surface area contributed by atoms with Gasteiger partial charge in [-0.3, -0.25) is 4.79 Å². The number of hydrogen-bond donors (Lipinski definition) is 1. The van der Waals surface area contributed by atoms with Crippen LogP contribution < -0.4 is 0 Å². The lowest BCUT2D eigenvalue weighted by Crippen LogP contribution is -2.30. The minimum Gasteiger partial charge on any atom is -0.458 e. The second kappa shape index (κ2) is 11.5. The molecule has 0 N–H and O–H groups in total. The van der Waals surface area contributed by atoms with Gasteiger partial charge in [0.1, 0.15) is 13.2 Å². The summed E-state index contributed by atoms with van der Waals surface area (Å²) in [6, 6.07) is 6.17. The monoisotopic (exact) mass is 404 g/mol. The minimum absolute atomic E-state index is 0.00283. The Morgan fingerprint density at radius 2 is 1.81 bits per heavy atom. The lowest BCUT2D eigenvalue weighted by molar-refractivity contribution is -0.759. The molecular formula is C14H16N2O10S. The fourth-order valence-corrected chi connectivity index (χ4v) is 1.97. The van der Waals surface area contributed by atoms with Crippen LogP contribution in [0.3, 0.4) is 0 Å². The Kier molecular flexibility index (Phi) is 9.36. The molecule has 1 unspecified atom stereocenters. The molecule has 1 aromatic carbocycles. The van der Waals surface area contributed by atoms with Crippen molar-refractivity contribution in [3.63, 3.8) is 0 Å². The van der Waals surface area contributed by atoms with Crippen molar-refractivity contribution in [2.75, 3.05) is 19.8 Å². The number of carbonyl (C=O) groups is 2. The smallest absolute Gasteiger partial charge is 0.338 e. The largest absolute Gasteiger partial charge is 0.458 e. The van der Waals surface area contributed by atoms with Crippen LogP contribution in [0, 0.1) is 20.2 Å². The number of carbonyl (C=O) groups excluding carboxylic acids is 2. The topological polar surface area (TPSA) is 157 Å². The molecule has 0 amide bonds. The van der Waals surface area contributed by atoms with Gasteiger partial charge in [-0.15, -0.1) is 32.9 Å². The molecule has 1 aromatic rings. The maximum absolute atomic E-state index is 11.9. The third kappa shape index (κ3) is 9.84. The zero-order valence-corrected chi connectivity index (χ0v) is 14.7. The predicted molar refractivity (Wildman–Crippen MR) is 89.0 cm³/mol. The Balaban J connectivity index is 2.52. The Morgan fingerprint density at radius 1 is 1.11 bits per heavy atom. The van der Waals surface area contributed by atoms with E-state index < -0.39 is 41.4 Å². The molecule has 0 saturated heterocycles. The summed E-state index contributed by atoms with van der Waals surface area (Å²) in [6.07, 6.45) is -1.47. The maximum atomic E-state index is 11.9. The average molecular weight is 404 g/mol. The van der Waals surface area contributed by atoms with Gasteiger partial charge in [-0.05, 0) is 24.6 Å². The van der Waals surface area contributed by atoms with Crippen LogP contribution in [0.1, 0.15) is 23.2 Å².